The van der Waals surface area contributed by atoms with Gasteiger partial charge in [0.1, 0.15) is 6.10 Å². The van der Waals surface area contributed by atoms with Crippen molar-refractivity contribution >= 4 is 15.7 Å². The summed E-state index contributed by atoms with van der Waals surface area (Å²) in [4.78, 5) is 14.9. The SMILES string of the molecule is O=C(O)CC1CC[SiH2]OO1. The number of hydrogen-bond acceptors (Lipinski definition) is 3. The third-order valence-electron chi connectivity index (χ3n) is 1.36. The zero-order valence-electron chi connectivity index (χ0n) is 5.58. The largest absolute Gasteiger partial charge is 0.481 e. The molecule has 1 rings (SSSR count). The predicted molar refractivity (Wildman–Crippen MR) is 36.2 cm³/mol. The van der Waals surface area contributed by atoms with E-state index >= 15 is 0 Å². The van der Waals surface area contributed by atoms with Crippen molar-refractivity contribution in [2.45, 2.75) is 25.0 Å². The van der Waals surface area contributed by atoms with Crippen molar-refractivity contribution < 1.29 is 19.4 Å². The van der Waals surface area contributed by atoms with Crippen LogP contribution in [0.5, 0.6) is 0 Å². The summed E-state index contributed by atoms with van der Waals surface area (Å²) in [7, 11) is -0.472. The van der Waals surface area contributed by atoms with Crippen molar-refractivity contribution in [3.8, 4) is 0 Å². The van der Waals surface area contributed by atoms with Crippen LogP contribution >= 0.6 is 0 Å². The van der Waals surface area contributed by atoms with Gasteiger partial charge in [-0.05, 0) is 12.5 Å². The highest BCUT2D eigenvalue weighted by Gasteiger charge is 2.18. The molecule has 1 fully saturated rings. The van der Waals surface area contributed by atoms with Crippen LogP contribution in [0.2, 0.25) is 6.04 Å². The lowest BCUT2D eigenvalue weighted by Gasteiger charge is -2.19. The van der Waals surface area contributed by atoms with Gasteiger partial charge in [-0.3, -0.25) is 9.37 Å². The summed E-state index contributed by atoms with van der Waals surface area (Å²) >= 11 is 0. The van der Waals surface area contributed by atoms with Crippen molar-refractivity contribution in [1.29, 1.82) is 0 Å². The second kappa shape index (κ2) is 3.70. The van der Waals surface area contributed by atoms with Gasteiger partial charge in [0.15, 0.2) is 0 Å². The van der Waals surface area contributed by atoms with E-state index in [2.05, 4.69) is 0 Å². The number of carboxylic acids is 1. The highest BCUT2D eigenvalue weighted by molar-refractivity contribution is 6.26. The molecule has 1 aliphatic heterocycles. The Balaban J connectivity index is 2.19. The Morgan fingerprint density at radius 2 is 2.60 bits per heavy atom. The fourth-order valence-corrected chi connectivity index (χ4v) is 1.92. The highest BCUT2D eigenvalue weighted by Crippen LogP contribution is 2.12. The maximum absolute atomic E-state index is 10.1. The molecule has 0 spiro atoms. The quantitative estimate of drug-likeness (QED) is 0.447. The van der Waals surface area contributed by atoms with Crippen LogP contribution < -0.4 is 0 Å². The van der Waals surface area contributed by atoms with Gasteiger partial charge in [-0.2, -0.15) is 0 Å². The molecule has 1 unspecified atom stereocenters. The molecule has 1 atom stereocenters. The molecule has 1 N–H and O–H groups in total. The van der Waals surface area contributed by atoms with Gasteiger partial charge in [0.25, 0.3) is 0 Å². The summed E-state index contributed by atoms with van der Waals surface area (Å²) in [6, 6.07) is 1.03. The molecule has 1 saturated heterocycles. The lowest BCUT2D eigenvalue weighted by Crippen LogP contribution is -2.24. The van der Waals surface area contributed by atoms with Gasteiger partial charge in [-0.25, -0.2) is 4.89 Å². The second-order valence-corrected chi connectivity index (χ2v) is 3.63. The van der Waals surface area contributed by atoms with E-state index in [0.717, 1.165) is 12.5 Å². The van der Waals surface area contributed by atoms with Crippen LogP contribution in [0.4, 0.5) is 0 Å². The summed E-state index contributed by atoms with van der Waals surface area (Å²) in [6.45, 7) is 0. The van der Waals surface area contributed by atoms with Crippen molar-refractivity contribution in [2.24, 2.45) is 0 Å². The molecule has 0 aliphatic carbocycles. The van der Waals surface area contributed by atoms with Gasteiger partial charge in [-0.15, -0.1) is 0 Å². The molecular weight excluding hydrogens is 152 g/mol. The Morgan fingerprint density at radius 3 is 3.10 bits per heavy atom. The molecule has 5 heteroatoms. The predicted octanol–water partition coefficient (Wildman–Crippen LogP) is -0.316. The zero-order valence-corrected chi connectivity index (χ0v) is 6.99. The monoisotopic (exact) mass is 162 g/mol. The minimum Gasteiger partial charge on any atom is -0.481 e. The first-order chi connectivity index (χ1) is 4.79. The summed E-state index contributed by atoms with van der Waals surface area (Å²) in [5.74, 6) is -0.822. The first-order valence-corrected chi connectivity index (χ1v) is 4.87. The average molecular weight is 162 g/mol. The van der Waals surface area contributed by atoms with Crippen LogP contribution in [-0.2, 0) is 14.3 Å². The fourth-order valence-electron chi connectivity index (χ4n) is 0.893. The van der Waals surface area contributed by atoms with Gasteiger partial charge < -0.3 is 5.11 Å². The van der Waals surface area contributed by atoms with Gasteiger partial charge in [-0.1, -0.05) is 0 Å². The smallest absolute Gasteiger partial charge is 0.306 e. The molecule has 0 bridgehead atoms. The number of rotatable bonds is 2. The Labute approximate surface area is 61.0 Å². The molecule has 10 heavy (non-hydrogen) atoms. The minimum atomic E-state index is -0.822. The lowest BCUT2D eigenvalue weighted by atomic mass is 10.2. The molecule has 58 valence electrons. The third-order valence-corrected chi connectivity index (χ3v) is 2.36. The molecule has 0 saturated carbocycles. The maximum atomic E-state index is 10.1. The van der Waals surface area contributed by atoms with E-state index in [0.29, 0.717) is 0 Å². The van der Waals surface area contributed by atoms with E-state index in [4.69, 9.17) is 14.6 Å². The van der Waals surface area contributed by atoms with E-state index in [1.165, 1.54) is 0 Å². The van der Waals surface area contributed by atoms with Crippen LogP contribution in [0.1, 0.15) is 12.8 Å². The molecule has 0 radical (unpaired) electrons. The standard InChI is InChI=1S/C5H10O4Si/c6-5(7)3-4-1-2-10-9-8-4/h4H,1-3,10H2,(H,6,7). The normalized spacial score (nSPS) is 28.6. The molecule has 4 nitrogen and oxygen atoms in total. The number of hydrogen-bond donors (Lipinski definition) is 1. The minimum absolute atomic E-state index is 0.0639. The molecule has 0 aromatic rings. The van der Waals surface area contributed by atoms with Crippen molar-refractivity contribution in [1.82, 2.24) is 0 Å². The topological polar surface area (TPSA) is 55.8 Å². The summed E-state index contributed by atoms with van der Waals surface area (Å²) < 4.78 is 4.76. The molecule has 0 amide bonds. The van der Waals surface area contributed by atoms with Crippen LogP contribution in [-0.4, -0.2) is 26.9 Å². The van der Waals surface area contributed by atoms with Crippen LogP contribution in [0.25, 0.3) is 0 Å². The Morgan fingerprint density at radius 1 is 1.80 bits per heavy atom. The second-order valence-electron chi connectivity index (χ2n) is 2.28. The summed E-state index contributed by atoms with van der Waals surface area (Å²) in [5.41, 5.74) is 0. The van der Waals surface area contributed by atoms with Crippen LogP contribution in [0.15, 0.2) is 0 Å². The van der Waals surface area contributed by atoms with Gasteiger partial charge >= 0.3 is 5.97 Å². The third kappa shape index (κ3) is 2.46. The van der Waals surface area contributed by atoms with E-state index in [-0.39, 0.29) is 12.5 Å². The van der Waals surface area contributed by atoms with E-state index < -0.39 is 15.7 Å². The first kappa shape index (κ1) is 7.71. The average Bonchev–Trinajstić information content (AvgIpc) is 1.88. The Kier molecular flexibility index (Phi) is 2.85. The van der Waals surface area contributed by atoms with Gasteiger partial charge in [0.2, 0.25) is 9.76 Å². The van der Waals surface area contributed by atoms with Crippen molar-refractivity contribution in [2.75, 3.05) is 0 Å². The summed E-state index contributed by atoms with van der Waals surface area (Å²) in [5, 5.41) is 8.34. The lowest BCUT2D eigenvalue weighted by molar-refractivity contribution is -0.258. The fraction of sp³-hybridized carbons (Fsp3) is 0.800. The highest BCUT2D eigenvalue weighted by atomic mass is 28.2. The van der Waals surface area contributed by atoms with E-state index in [9.17, 15) is 4.79 Å². The van der Waals surface area contributed by atoms with Crippen molar-refractivity contribution in [3.63, 3.8) is 0 Å². The molecule has 0 aromatic heterocycles. The summed E-state index contributed by atoms with van der Waals surface area (Å²) in [6.07, 6.45) is 0.700. The van der Waals surface area contributed by atoms with Gasteiger partial charge in [0, 0.05) is 0 Å². The van der Waals surface area contributed by atoms with Gasteiger partial charge in [0.05, 0.1) is 6.42 Å². The maximum Gasteiger partial charge on any atom is 0.306 e. The van der Waals surface area contributed by atoms with E-state index in [1.807, 2.05) is 0 Å². The van der Waals surface area contributed by atoms with E-state index in [1.54, 1.807) is 0 Å². The zero-order chi connectivity index (χ0) is 7.40. The number of carbonyl (C=O) groups is 1. The molecule has 1 heterocycles. The Hall–Kier alpha value is -0.393. The molecule has 0 aromatic carbocycles. The molecule has 1 aliphatic rings. The van der Waals surface area contributed by atoms with Crippen LogP contribution in [0.3, 0.4) is 0 Å². The van der Waals surface area contributed by atoms with Crippen molar-refractivity contribution in [3.05, 3.63) is 0 Å². The molecular formula is C5H10O4Si. The number of carboxylic acid groups (broad SMARTS) is 1. The van der Waals surface area contributed by atoms with Crippen LogP contribution in [0, 0.1) is 0 Å². The first-order valence-electron chi connectivity index (χ1n) is 3.29. The Bertz CT molecular complexity index is 121. The number of aliphatic carboxylic acids is 1.